The fourth-order valence-corrected chi connectivity index (χ4v) is 0.0244. The van der Waals surface area contributed by atoms with Crippen molar-refractivity contribution in [3.05, 3.63) is 11.9 Å². The van der Waals surface area contributed by atoms with Crippen molar-refractivity contribution in [2.75, 3.05) is 0 Å². The van der Waals surface area contributed by atoms with Crippen molar-refractivity contribution >= 4 is 0 Å². The zero-order chi connectivity index (χ0) is 4.99. The number of hydrogen-bond donors (Lipinski definition) is 0. The molecule has 0 bridgehead atoms. The quantitative estimate of drug-likeness (QED) is 0.407. The van der Waals surface area contributed by atoms with Crippen molar-refractivity contribution in [2.45, 2.75) is 6.92 Å². The second-order valence-corrected chi connectivity index (χ2v) is 0.904. The Morgan fingerprint density at radius 2 is 2.50 bits per heavy atom. The van der Waals surface area contributed by atoms with Crippen molar-refractivity contribution in [3.8, 4) is 6.07 Å². The van der Waals surface area contributed by atoms with Crippen LogP contribution in [0.2, 0.25) is 0 Å². The minimum Gasteiger partial charge on any atom is -0.214 e. The molecular formula is C4H4FN. The number of halogens is 1. The van der Waals surface area contributed by atoms with Crippen LogP contribution < -0.4 is 0 Å². The number of allylic oxidation sites excluding steroid dienone is 1. The van der Waals surface area contributed by atoms with E-state index in [0.717, 1.165) is 0 Å². The lowest BCUT2D eigenvalue weighted by Gasteiger charge is -1.67. The van der Waals surface area contributed by atoms with Crippen LogP contribution in [-0.2, 0) is 0 Å². The maximum Gasteiger partial charge on any atom is 0.100 e. The fraction of sp³-hybridized carbons (Fsp3) is 0.250. The van der Waals surface area contributed by atoms with E-state index in [1.165, 1.54) is 6.92 Å². The van der Waals surface area contributed by atoms with Gasteiger partial charge in [-0.15, -0.1) is 0 Å². The zero-order valence-corrected chi connectivity index (χ0v) is 3.40. The summed E-state index contributed by atoms with van der Waals surface area (Å²) in [5.74, 6) is 0. The third-order valence-electron chi connectivity index (χ3n) is 0.340. The molecule has 6 heavy (non-hydrogen) atoms. The van der Waals surface area contributed by atoms with Crippen molar-refractivity contribution in [1.29, 1.82) is 5.26 Å². The summed E-state index contributed by atoms with van der Waals surface area (Å²) in [7, 11) is 0. The van der Waals surface area contributed by atoms with Gasteiger partial charge in [-0.1, -0.05) is 0 Å². The highest BCUT2D eigenvalue weighted by Gasteiger charge is 1.74. The zero-order valence-electron chi connectivity index (χ0n) is 3.40. The molecule has 0 aliphatic heterocycles. The summed E-state index contributed by atoms with van der Waals surface area (Å²) in [6.45, 7) is 1.40. The van der Waals surface area contributed by atoms with Gasteiger partial charge in [0, 0.05) is 0 Å². The van der Waals surface area contributed by atoms with E-state index in [9.17, 15) is 4.39 Å². The Bertz CT molecular complexity index is 98.6. The second-order valence-electron chi connectivity index (χ2n) is 0.904. The molecule has 0 saturated heterocycles. The van der Waals surface area contributed by atoms with Gasteiger partial charge in [0.2, 0.25) is 0 Å². The number of hydrogen-bond acceptors (Lipinski definition) is 1. The minimum atomic E-state index is 0.106. The Balaban J connectivity index is 3.61. The van der Waals surface area contributed by atoms with Gasteiger partial charge in [-0.05, 0) is 6.92 Å². The van der Waals surface area contributed by atoms with E-state index in [1.807, 2.05) is 0 Å². The van der Waals surface area contributed by atoms with Gasteiger partial charge in [-0.25, -0.2) is 4.39 Å². The van der Waals surface area contributed by atoms with E-state index in [2.05, 4.69) is 0 Å². The van der Waals surface area contributed by atoms with Crippen LogP contribution in [0.5, 0.6) is 0 Å². The van der Waals surface area contributed by atoms with Gasteiger partial charge < -0.3 is 0 Å². The second kappa shape index (κ2) is 2.40. The summed E-state index contributed by atoms with van der Waals surface area (Å²) in [6, 6.07) is 1.60. The first-order valence-corrected chi connectivity index (χ1v) is 1.48. The van der Waals surface area contributed by atoms with Gasteiger partial charge in [-0.2, -0.15) is 5.26 Å². The predicted octanol–water partition coefficient (Wildman–Crippen LogP) is 1.38. The third-order valence-corrected chi connectivity index (χ3v) is 0.340. The summed E-state index contributed by atoms with van der Waals surface area (Å²) in [5.41, 5.74) is 0.106. The van der Waals surface area contributed by atoms with E-state index < -0.39 is 0 Å². The average molecular weight is 85.1 g/mol. The first kappa shape index (κ1) is 5.16. The topological polar surface area (TPSA) is 23.8 Å². The standard InChI is InChI=1S/C4H4FN/c1-4(2-5)3-6/h2H,1H3/b4-2+. The molecule has 0 saturated carbocycles. The van der Waals surface area contributed by atoms with Crippen LogP contribution in [-0.4, -0.2) is 0 Å². The monoisotopic (exact) mass is 85.0 g/mol. The molecule has 1 nitrogen and oxygen atoms in total. The maximum atomic E-state index is 11.0. The molecule has 0 amide bonds. The Morgan fingerprint density at radius 1 is 2.00 bits per heavy atom. The van der Waals surface area contributed by atoms with Gasteiger partial charge in [0.15, 0.2) is 0 Å². The molecule has 0 radical (unpaired) electrons. The van der Waals surface area contributed by atoms with Crippen LogP contribution in [0.25, 0.3) is 0 Å². The molecule has 0 aromatic carbocycles. The highest BCUT2D eigenvalue weighted by molar-refractivity contribution is 5.13. The molecule has 0 aromatic rings. The fourth-order valence-electron chi connectivity index (χ4n) is 0.0244. The molecule has 0 rings (SSSR count). The van der Waals surface area contributed by atoms with Gasteiger partial charge in [0.05, 0.1) is 11.6 Å². The maximum absolute atomic E-state index is 11.0. The smallest absolute Gasteiger partial charge is 0.100 e. The van der Waals surface area contributed by atoms with Crippen LogP contribution >= 0.6 is 0 Å². The van der Waals surface area contributed by atoms with E-state index in [1.54, 1.807) is 6.07 Å². The SMILES string of the molecule is C/C(C#N)=C\F. The number of nitriles is 1. The highest BCUT2D eigenvalue weighted by atomic mass is 19.1. The summed E-state index contributed by atoms with van der Waals surface area (Å²) in [6.07, 6.45) is 0.278. The largest absolute Gasteiger partial charge is 0.214 e. The lowest BCUT2D eigenvalue weighted by atomic mass is 10.4. The lowest BCUT2D eigenvalue weighted by molar-refractivity contribution is 0.714. The van der Waals surface area contributed by atoms with E-state index in [4.69, 9.17) is 5.26 Å². The van der Waals surface area contributed by atoms with Crippen LogP contribution in [0.4, 0.5) is 4.39 Å². The molecule has 0 aliphatic carbocycles. The molecule has 0 unspecified atom stereocenters. The molecular weight excluding hydrogens is 81.0 g/mol. The van der Waals surface area contributed by atoms with E-state index in [0.29, 0.717) is 0 Å². The van der Waals surface area contributed by atoms with Gasteiger partial charge >= 0.3 is 0 Å². The molecule has 0 aromatic heterocycles. The first-order chi connectivity index (χ1) is 2.81. The van der Waals surface area contributed by atoms with Crippen molar-refractivity contribution in [1.82, 2.24) is 0 Å². The lowest BCUT2D eigenvalue weighted by Crippen LogP contribution is -1.57. The highest BCUT2D eigenvalue weighted by Crippen LogP contribution is 1.85. The van der Waals surface area contributed by atoms with Gasteiger partial charge in [0.25, 0.3) is 0 Å². The van der Waals surface area contributed by atoms with Crippen LogP contribution in [0.15, 0.2) is 11.9 Å². The van der Waals surface area contributed by atoms with Crippen molar-refractivity contribution in [2.24, 2.45) is 0 Å². The normalized spacial score (nSPS) is 10.5. The Labute approximate surface area is 35.7 Å². The Hall–Kier alpha value is -0.840. The minimum absolute atomic E-state index is 0.106. The molecule has 0 fully saturated rings. The average Bonchev–Trinajstić information content (AvgIpc) is 1.65. The summed E-state index contributed by atoms with van der Waals surface area (Å²) < 4.78 is 11.0. The molecule has 0 atom stereocenters. The summed E-state index contributed by atoms with van der Waals surface area (Å²) in [4.78, 5) is 0. The van der Waals surface area contributed by atoms with Crippen molar-refractivity contribution < 1.29 is 4.39 Å². The van der Waals surface area contributed by atoms with E-state index in [-0.39, 0.29) is 11.9 Å². The summed E-state index contributed by atoms with van der Waals surface area (Å²) in [5, 5.41) is 7.78. The van der Waals surface area contributed by atoms with Crippen LogP contribution in [0.3, 0.4) is 0 Å². The number of rotatable bonds is 0. The van der Waals surface area contributed by atoms with Crippen LogP contribution in [0.1, 0.15) is 6.92 Å². The molecule has 2 heteroatoms. The van der Waals surface area contributed by atoms with E-state index >= 15 is 0 Å². The molecule has 0 N–H and O–H groups in total. The Morgan fingerprint density at radius 3 is 2.50 bits per heavy atom. The van der Waals surface area contributed by atoms with Gasteiger partial charge in [-0.3, -0.25) is 0 Å². The first-order valence-electron chi connectivity index (χ1n) is 1.48. The summed E-state index contributed by atoms with van der Waals surface area (Å²) >= 11 is 0. The number of nitrogens with zero attached hydrogens (tertiary/aromatic N) is 1. The molecule has 0 spiro atoms. The van der Waals surface area contributed by atoms with Gasteiger partial charge in [0.1, 0.15) is 6.33 Å². The molecule has 32 valence electrons. The molecule has 0 heterocycles. The van der Waals surface area contributed by atoms with Crippen LogP contribution in [0, 0.1) is 11.3 Å². The Kier molecular flexibility index (Phi) is 2.06. The predicted molar refractivity (Wildman–Crippen MR) is 20.5 cm³/mol. The van der Waals surface area contributed by atoms with Crippen molar-refractivity contribution in [3.63, 3.8) is 0 Å². The third kappa shape index (κ3) is 1.48. The molecule has 0 aliphatic rings.